The standard InChI is InChI=1S/C6H10O5/c1-3(6(10)11)4(7)2-5(8)9/h3-4,7H,2H2,1H3,(H,8,9)(H,10,11)/t3?,4-/m1/s1. The van der Waals surface area contributed by atoms with Crippen molar-refractivity contribution in [1.82, 2.24) is 0 Å². The number of aliphatic hydroxyl groups excluding tert-OH is 1. The molecule has 0 heterocycles. The molecule has 0 saturated carbocycles. The number of rotatable bonds is 4. The average molecular weight is 162 g/mol. The second-order valence-electron chi connectivity index (χ2n) is 2.29. The van der Waals surface area contributed by atoms with Crippen LogP contribution in [0.1, 0.15) is 13.3 Å². The summed E-state index contributed by atoms with van der Waals surface area (Å²) in [4.78, 5) is 20.2. The van der Waals surface area contributed by atoms with Gasteiger partial charge in [-0.2, -0.15) is 0 Å². The summed E-state index contributed by atoms with van der Waals surface area (Å²) in [5, 5.41) is 25.4. The Balaban J connectivity index is 3.92. The minimum atomic E-state index is -1.31. The molecular formula is C6H10O5. The Bertz CT molecular complexity index is 164. The highest BCUT2D eigenvalue weighted by Crippen LogP contribution is 2.06. The van der Waals surface area contributed by atoms with Crippen molar-refractivity contribution in [2.75, 3.05) is 0 Å². The van der Waals surface area contributed by atoms with Crippen LogP contribution in [-0.4, -0.2) is 33.4 Å². The van der Waals surface area contributed by atoms with Gasteiger partial charge in [-0.25, -0.2) is 0 Å². The van der Waals surface area contributed by atoms with Crippen LogP contribution in [0.3, 0.4) is 0 Å². The molecule has 0 bridgehead atoms. The van der Waals surface area contributed by atoms with Gasteiger partial charge in [-0.05, 0) is 6.92 Å². The third kappa shape index (κ3) is 3.57. The maximum Gasteiger partial charge on any atom is 0.308 e. The third-order valence-electron chi connectivity index (χ3n) is 1.35. The Morgan fingerprint density at radius 1 is 1.36 bits per heavy atom. The molecule has 0 radical (unpaired) electrons. The van der Waals surface area contributed by atoms with Crippen LogP contribution in [0.5, 0.6) is 0 Å². The molecule has 0 amide bonds. The maximum atomic E-state index is 10.2. The zero-order chi connectivity index (χ0) is 9.02. The number of aliphatic hydroxyl groups is 1. The van der Waals surface area contributed by atoms with Gasteiger partial charge in [0, 0.05) is 0 Å². The van der Waals surface area contributed by atoms with Crippen molar-refractivity contribution in [2.24, 2.45) is 5.92 Å². The van der Waals surface area contributed by atoms with Gasteiger partial charge < -0.3 is 15.3 Å². The topological polar surface area (TPSA) is 94.8 Å². The minimum absolute atomic E-state index is 0.534. The molecule has 5 heteroatoms. The van der Waals surface area contributed by atoms with E-state index in [0.29, 0.717) is 0 Å². The van der Waals surface area contributed by atoms with Gasteiger partial charge in [0.2, 0.25) is 0 Å². The van der Waals surface area contributed by atoms with Crippen LogP contribution in [0.2, 0.25) is 0 Å². The van der Waals surface area contributed by atoms with E-state index in [0.717, 1.165) is 0 Å². The van der Waals surface area contributed by atoms with E-state index in [2.05, 4.69) is 0 Å². The fraction of sp³-hybridized carbons (Fsp3) is 0.667. The zero-order valence-corrected chi connectivity index (χ0v) is 6.02. The lowest BCUT2D eigenvalue weighted by Gasteiger charge is -2.11. The van der Waals surface area contributed by atoms with E-state index in [4.69, 9.17) is 15.3 Å². The molecule has 0 aliphatic carbocycles. The van der Waals surface area contributed by atoms with Crippen LogP contribution in [0, 0.1) is 5.92 Å². The molecule has 5 nitrogen and oxygen atoms in total. The van der Waals surface area contributed by atoms with Gasteiger partial charge in [-0.15, -0.1) is 0 Å². The first kappa shape index (κ1) is 9.90. The molecule has 0 aromatic rings. The summed E-state index contributed by atoms with van der Waals surface area (Å²) in [5.74, 6) is -3.43. The van der Waals surface area contributed by atoms with Crippen LogP contribution in [0.15, 0.2) is 0 Å². The smallest absolute Gasteiger partial charge is 0.308 e. The predicted octanol–water partition coefficient (Wildman–Crippen LogP) is -0.457. The monoisotopic (exact) mass is 162 g/mol. The molecule has 0 spiro atoms. The van der Waals surface area contributed by atoms with Gasteiger partial charge in [0.05, 0.1) is 18.4 Å². The lowest BCUT2D eigenvalue weighted by molar-refractivity contribution is -0.147. The van der Waals surface area contributed by atoms with Crippen LogP contribution in [0.4, 0.5) is 0 Å². The van der Waals surface area contributed by atoms with E-state index in [1.54, 1.807) is 0 Å². The molecule has 2 atom stereocenters. The Morgan fingerprint density at radius 2 is 1.82 bits per heavy atom. The lowest BCUT2D eigenvalue weighted by atomic mass is 10.0. The summed E-state index contributed by atoms with van der Waals surface area (Å²) < 4.78 is 0. The Morgan fingerprint density at radius 3 is 2.09 bits per heavy atom. The highest BCUT2D eigenvalue weighted by atomic mass is 16.4. The van der Waals surface area contributed by atoms with E-state index < -0.39 is 30.4 Å². The Hall–Kier alpha value is -1.10. The van der Waals surface area contributed by atoms with E-state index in [9.17, 15) is 9.59 Å². The summed E-state index contributed by atoms with van der Waals surface area (Å²) in [5.41, 5.74) is 0. The first-order valence-electron chi connectivity index (χ1n) is 3.07. The van der Waals surface area contributed by atoms with Crippen molar-refractivity contribution in [3.63, 3.8) is 0 Å². The van der Waals surface area contributed by atoms with Crippen molar-refractivity contribution in [3.8, 4) is 0 Å². The normalized spacial score (nSPS) is 15.5. The van der Waals surface area contributed by atoms with Gasteiger partial charge in [-0.1, -0.05) is 0 Å². The average Bonchev–Trinajstić information content (AvgIpc) is 1.84. The number of carboxylic acids is 2. The first-order valence-corrected chi connectivity index (χ1v) is 3.07. The van der Waals surface area contributed by atoms with Gasteiger partial charge in [0.25, 0.3) is 0 Å². The predicted molar refractivity (Wildman–Crippen MR) is 35.1 cm³/mol. The molecule has 0 rings (SSSR count). The number of aliphatic carboxylic acids is 2. The van der Waals surface area contributed by atoms with Crippen molar-refractivity contribution in [2.45, 2.75) is 19.4 Å². The molecular weight excluding hydrogens is 152 g/mol. The number of carboxylic acid groups (broad SMARTS) is 2. The summed E-state index contributed by atoms with van der Waals surface area (Å²) in [6.07, 6.45) is -1.85. The van der Waals surface area contributed by atoms with Gasteiger partial charge in [0.15, 0.2) is 0 Å². The van der Waals surface area contributed by atoms with Crippen molar-refractivity contribution in [1.29, 1.82) is 0 Å². The van der Waals surface area contributed by atoms with E-state index in [1.165, 1.54) is 6.92 Å². The summed E-state index contributed by atoms with van der Waals surface area (Å²) >= 11 is 0. The molecule has 11 heavy (non-hydrogen) atoms. The van der Waals surface area contributed by atoms with Crippen molar-refractivity contribution in [3.05, 3.63) is 0 Å². The lowest BCUT2D eigenvalue weighted by Crippen LogP contribution is -2.27. The highest BCUT2D eigenvalue weighted by Gasteiger charge is 2.23. The molecule has 0 fully saturated rings. The fourth-order valence-electron chi connectivity index (χ4n) is 0.520. The molecule has 0 aromatic heterocycles. The van der Waals surface area contributed by atoms with Gasteiger partial charge >= 0.3 is 11.9 Å². The first-order chi connectivity index (χ1) is 4.95. The van der Waals surface area contributed by atoms with E-state index in [1.807, 2.05) is 0 Å². The van der Waals surface area contributed by atoms with Gasteiger partial charge in [-0.3, -0.25) is 9.59 Å². The van der Waals surface area contributed by atoms with E-state index >= 15 is 0 Å². The SMILES string of the molecule is CC(C(=O)O)[C@H](O)CC(=O)O. The maximum absolute atomic E-state index is 10.2. The Labute approximate surface area is 63.3 Å². The molecule has 0 aliphatic rings. The third-order valence-corrected chi connectivity index (χ3v) is 1.35. The zero-order valence-electron chi connectivity index (χ0n) is 6.02. The van der Waals surface area contributed by atoms with Crippen molar-refractivity contribution >= 4 is 11.9 Å². The molecule has 64 valence electrons. The number of hydrogen-bond acceptors (Lipinski definition) is 3. The van der Waals surface area contributed by atoms with Gasteiger partial charge in [0.1, 0.15) is 0 Å². The van der Waals surface area contributed by atoms with Crippen LogP contribution in [-0.2, 0) is 9.59 Å². The quantitative estimate of drug-likeness (QED) is 0.520. The molecule has 3 N–H and O–H groups in total. The summed E-state index contributed by atoms with van der Waals surface area (Å²) in [6.45, 7) is 1.26. The summed E-state index contributed by atoms with van der Waals surface area (Å²) in [6, 6.07) is 0. The second-order valence-corrected chi connectivity index (χ2v) is 2.29. The van der Waals surface area contributed by atoms with Crippen molar-refractivity contribution < 1.29 is 24.9 Å². The highest BCUT2D eigenvalue weighted by molar-refractivity contribution is 5.73. The van der Waals surface area contributed by atoms with E-state index in [-0.39, 0.29) is 0 Å². The second kappa shape index (κ2) is 3.92. The minimum Gasteiger partial charge on any atom is -0.481 e. The summed E-state index contributed by atoms with van der Waals surface area (Å²) in [7, 11) is 0. The molecule has 1 unspecified atom stereocenters. The largest absolute Gasteiger partial charge is 0.481 e. The molecule has 0 aromatic carbocycles. The van der Waals surface area contributed by atoms with Crippen LogP contribution >= 0.6 is 0 Å². The Kier molecular flexibility index (Phi) is 3.53. The van der Waals surface area contributed by atoms with Crippen LogP contribution < -0.4 is 0 Å². The molecule has 0 aliphatic heterocycles. The number of hydrogen-bond donors (Lipinski definition) is 3. The van der Waals surface area contributed by atoms with Crippen LogP contribution in [0.25, 0.3) is 0 Å². The number of carbonyl (C=O) groups is 2. The fourth-order valence-corrected chi connectivity index (χ4v) is 0.520. The molecule has 0 saturated heterocycles.